The molecule has 1 atom stereocenters. The highest BCUT2D eigenvalue weighted by Crippen LogP contribution is 2.44. The number of rotatable bonds is 5. The quantitative estimate of drug-likeness (QED) is 0.654. The van der Waals surface area contributed by atoms with Gasteiger partial charge in [0.25, 0.3) is 0 Å². The normalized spacial score (nSPS) is 18.0. The Labute approximate surface area is 131 Å². The largest absolute Gasteiger partial charge is 0.378 e. The summed E-state index contributed by atoms with van der Waals surface area (Å²) >= 11 is 6.60. The molecule has 0 radical (unpaired) electrons. The molecule has 1 fully saturated rings. The van der Waals surface area contributed by atoms with E-state index in [9.17, 15) is 0 Å². The summed E-state index contributed by atoms with van der Waals surface area (Å²) in [6, 6.07) is 19.0. The molecule has 1 nitrogen and oxygen atoms in total. The predicted octanol–water partition coefficient (Wildman–Crippen LogP) is 5.59. The van der Waals surface area contributed by atoms with E-state index in [1.54, 1.807) is 7.11 Å². The topological polar surface area (TPSA) is 9.23 Å². The number of halogens is 1. The monoisotopic (exact) mass is 300 g/mol. The number of benzene rings is 2. The Morgan fingerprint density at radius 2 is 1.62 bits per heavy atom. The molecule has 1 saturated carbocycles. The van der Waals surface area contributed by atoms with Crippen LogP contribution in [-0.2, 0) is 4.74 Å². The van der Waals surface area contributed by atoms with Crippen molar-refractivity contribution in [3.63, 3.8) is 0 Å². The van der Waals surface area contributed by atoms with Crippen LogP contribution in [0, 0.1) is 0 Å². The van der Waals surface area contributed by atoms with Gasteiger partial charge in [0, 0.05) is 7.11 Å². The van der Waals surface area contributed by atoms with E-state index in [0.29, 0.717) is 0 Å². The fourth-order valence-electron chi connectivity index (χ4n) is 3.02. The highest BCUT2D eigenvalue weighted by Gasteiger charge is 2.38. The van der Waals surface area contributed by atoms with Crippen LogP contribution in [0.5, 0.6) is 0 Å². The van der Waals surface area contributed by atoms with Crippen LogP contribution in [0.2, 0.25) is 0 Å². The fourth-order valence-corrected chi connectivity index (χ4v) is 3.45. The first-order valence-corrected chi connectivity index (χ1v) is 8.01. The summed E-state index contributed by atoms with van der Waals surface area (Å²) < 4.78 is 5.67. The Kier molecular flexibility index (Phi) is 4.32. The van der Waals surface area contributed by atoms with E-state index >= 15 is 0 Å². The van der Waals surface area contributed by atoms with Gasteiger partial charge in [0.2, 0.25) is 0 Å². The smallest absolute Gasteiger partial charge is 0.0696 e. The molecule has 0 bridgehead atoms. The number of hydrogen-bond donors (Lipinski definition) is 0. The van der Waals surface area contributed by atoms with Crippen LogP contribution in [0.15, 0.2) is 54.6 Å². The first-order valence-electron chi connectivity index (χ1n) is 7.57. The van der Waals surface area contributed by atoms with E-state index in [2.05, 4.69) is 48.5 Å². The van der Waals surface area contributed by atoms with Gasteiger partial charge in [0.15, 0.2) is 0 Å². The van der Waals surface area contributed by atoms with Gasteiger partial charge in [0.1, 0.15) is 0 Å². The van der Waals surface area contributed by atoms with E-state index in [1.807, 2.05) is 6.07 Å². The average Bonchev–Trinajstić information content (AvgIpc) is 2.52. The lowest BCUT2D eigenvalue weighted by Gasteiger charge is -2.41. The maximum absolute atomic E-state index is 6.60. The molecule has 1 aliphatic carbocycles. The van der Waals surface area contributed by atoms with Crippen molar-refractivity contribution in [1.29, 1.82) is 0 Å². The third-order valence-electron chi connectivity index (χ3n) is 4.63. The molecule has 110 valence electrons. The van der Waals surface area contributed by atoms with Crippen molar-refractivity contribution in [2.24, 2.45) is 0 Å². The Morgan fingerprint density at radius 3 is 2.14 bits per heavy atom. The maximum atomic E-state index is 6.60. The number of alkyl halides is 1. The molecule has 1 aliphatic rings. The molecular weight excluding hydrogens is 280 g/mol. The molecule has 2 heteroatoms. The summed E-state index contributed by atoms with van der Waals surface area (Å²) in [6.07, 6.45) is 4.42. The molecule has 0 N–H and O–H groups in total. The molecule has 0 heterocycles. The van der Waals surface area contributed by atoms with Gasteiger partial charge >= 0.3 is 0 Å². The Bertz CT molecular complexity index is 567. The lowest BCUT2D eigenvalue weighted by atomic mass is 9.76. The van der Waals surface area contributed by atoms with Gasteiger partial charge in [-0.2, -0.15) is 0 Å². The van der Waals surface area contributed by atoms with Crippen LogP contribution in [0.3, 0.4) is 0 Å². The third-order valence-corrected chi connectivity index (χ3v) is 5.03. The van der Waals surface area contributed by atoms with E-state index < -0.39 is 0 Å². The Hall–Kier alpha value is -1.31. The third kappa shape index (κ3) is 3.14. The maximum Gasteiger partial charge on any atom is 0.0696 e. The molecule has 2 aromatic carbocycles. The van der Waals surface area contributed by atoms with E-state index in [0.717, 1.165) is 19.3 Å². The zero-order valence-corrected chi connectivity index (χ0v) is 13.1. The Balaban J connectivity index is 1.72. The van der Waals surface area contributed by atoms with E-state index in [-0.39, 0.29) is 11.0 Å². The van der Waals surface area contributed by atoms with Crippen molar-refractivity contribution >= 4 is 11.6 Å². The fraction of sp³-hybridized carbons (Fsp3) is 0.368. The average molecular weight is 301 g/mol. The lowest BCUT2D eigenvalue weighted by molar-refractivity contribution is -0.0780. The first kappa shape index (κ1) is 14.6. The second-order valence-electron chi connectivity index (χ2n) is 5.90. The first-order chi connectivity index (χ1) is 10.2. The number of hydrogen-bond acceptors (Lipinski definition) is 1. The van der Waals surface area contributed by atoms with Crippen LogP contribution in [0.1, 0.15) is 36.6 Å². The molecule has 0 saturated heterocycles. The minimum atomic E-state index is 0.0184. The zero-order valence-electron chi connectivity index (χ0n) is 12.4. The molecule has 3 rings (SSSR count). The molecule has 2 aromatic rings. The van der Waals surface area contributed by atoms with Gasteiger partial charge in [-0.05, 0) is 42.4 Å². The van der Waals surface area contributed by atoms with Crippen molar-refractivity contribution in [3.8, 4) is 11.1 Å². The summed E-state index contributed by atoms with van der Waals surface area (Å²) in [7, 11) is 1.81. The SMILES string of the molecule is COC1(CC(Cl)c2ccc(-c3ccccc3)cc2)CCC1. The van der Waals surface area contributed by atoms with Crippen LogP contribution < -0.4 is 0 Å². The van der Waals surface area contributed by atoms with Crippen LogP contribution in [-0.4, -0.2) is 12.7 Å². The van der Waals surface area contributed by atoms with Crippen LogP contribution >= 0.6 is 11.6 Å². The molecule has 0 aliphatic heterocycles. The van der Waals surface area contributed by atoms with Crippen molar-refractivity contribution in [2.75, 3.05) is 7.11 Å². The molecule has 1 unspecified atom stereocenters. The van der Waals surface area contributed by atoms with E-state index in [1.165, 1.54) is 23.1 Å². The van der Waals surface area contributed by atoms with Crippen LogP contribution in [0.4, 0.5) is 0 Å². The minimum Gasteiger partial charge on any atom is -0.378 e. The highest BCUT2D eigenvalue weighted by molar-refractivity contribution is 6.20. The van der Waals surface area contributed by atoms with Crippen LogP contribution in [0.25, 0.3) is 11.1 Å². The van der Waals surface area contributed by atoms with Crippen molar-refractivity contribution in [3.05, 3.63) is 60.2 Å². The van der Waals surface area contributed by atoms with Gasteiger partial charge in [-0.15, -0.1) is 11.6 Å². The van der Waals surface area contributed by atoms with E-state index in [4.69, 9.17) is 16.3 Å². The zero-order chi connectivity index (χ0) is 14.7. The molecule has 0 spiro atoms. The standard InChI is InChI=1S/C19H21ClO/c1-21-19(12-5-13-19)14-18(20)17-10-8-16(9-11-17)15-6-3-2-4-7-15/h2-4,6-11,18H,5,12-14H2,1H3. The lowest BCUT2D eigenvalue weighted by Crippen LogP contribution is -2.39. The Morgan fingerprint density at radius 1 is 1.00 bits per heavy atom. The van der Waals surface area contributed by atoms with Gasteiger partial charge in [-0.3, -0.25) is 0 Å². The summed E-state index contributed by atoms with van der Waals surface area (Å²) in [5.41, 5.74) is 3.67. The van der Waals surface area contributed by atoms with Gasteiger partial charge in [-0.1, -0.05) is 54.6 Å². The number of methoxy groups -OCH3 is 1. The second-order valence-corrected chi connectivity index (χ2v) is 6.43. The van der Waals surface area contributed by atoms with Crippen molar-refractivity contribution in [1.82, 2.24) is 0 Å². The highest BCUT2D eigenvalue weighted by atomic mass is 35.5. The summed E-state index contributed by atoms with van der Waals surface area (Å²) in [4.78, 5) is 0. The van der Waals surface area contributed by atoms with Crippen molar-refractivity contribution < 1.29 is 4.74 Å². The second kappa shape index (κ2) is 6.21. The van der Waals surface area contributed by atoms with Gasteiger partial charge < -0.3 is 4.74 Å². The predicted molar refractivity (Wildman–Crippen MR) is 88.7 cm³/mol. The summed E-state index contributed by atoms with van der Waals surface area (Å²) in [5.74, 6) is 0. The van der Waals surface area contributed by atoms with Gasteiger partial charge in [0.05, 0.1) is 11.0 Å². The number of ether oxygens (including phenoxy) is 1. The molecule has 21 heavy (non-hydrogen) atoms. The summed E-state index contributed by atoms with van der Waals surface area (Å²) in [6.45, 7) is 0. The summed E-state index contributed by atoms with van der Waals surface area (Å²) in [5, 5.41) is 0.0232. The minimum absolute atomic E-state index is 0.0184. The molecular formula is C19H21ClO. The molecule has 0 amide bonds. The van der Waals surface area contributed by atoms with Crippen molar-refractivity contribution in [2.45, 2.75) is 36.7 Å². The molecule has 0 aromatic heterocycles. The van der Waals surface area contributed by atoms with Gasteiger partial charge in [-0.25, -0.2) is 0 Å².